The van der Waals surface area contributed by atoms with Crippen molar-refractivity contribution in [2.75, 3.05) is 26.2 Å². The van der Waals surface area contributed by atoms with Crippen LogP contribution in [0.5, 0.6) is 5.75 Å². The van der Waals surface area contributed by atoms with E-state index < -0.39 is 0 Å². The average molecular weight is 352 g/mol. The van der Waals surface area contributed by atoms with E-state index >= 15 is 0 Å². The minimum atomic E-state index is 0.0238. The summed E-state index contributed by atoms with van der Waals surface area (Å²) in [4.78, 5) is 14.2. The number of piperidine rings is 1. The Balaban J connectivity index is 1.32. The molecule has 1 heterocycles. The van der Waals surface area contributed by atoms with Crippen molar-refractivity contribution in [3.63, 3.8) is 0 Å². The number of amides is 2. The molecule has 2 aromatic carbocycles. The summed E-state index contributed by atoms with van der Waals surface area (Å²) in [6, 6.07) is 18.6. The molecule has 1 aliphatic heterocycles. The fourth-order valence-corrected chi connectivity index (χ4v) is 3.36. The lowest BCUT2D eigenvalue weighted by atomic mass is 9.90. The largest absolute Gasteiger partial charge is 0.492 e. The van der Waals surface area contributed by atoms with Gasteiger partial charge in [-0.1, -0.05) is 48.0 Å². The van der Waals surface area contributed by atoms with Gasteiger partial charge in [0, 0.05) is 13.1 Å². The molecule has 138 valence electrons. The Morgan fingerprint density at radius 3 is 2.46 bits per heavy atom. The smallest absolute Gasteiger partial charge is 0.317 e. The van der Waals surface area contributed by atoms with E-state index in [-0.39, 0.29) is 6.03 Å². The van der Waals surface area contributed by atoms with Crippen molar-refractivity contribution in [3.05, 3.63) is 65.7 Å². The van der Waals surface area contributed by atoms with Crippen LogP contribution in [0, 0.1) is 12.8 Å². The standard InChI is InChI=1S/C22H28N2O2/c1-18-7-9-21(10-8-18)26-16-13-23-22(25)24-14-11-20(12-15-24)17-19-5-3-2-4-6-19/h2-10,20H,11-17H2,1H3,(H,23,25). The summed E-state index contributed by atoms with van der Waals surface area (Å²) in [7, 11) is 0. The highest BCUT2D eigenvalue weighted by molar-refractivity contribution is 5.74. The number of likely N-dealkylation sites (tertiary alicyclic amines) is 1. The maximum Gasteiger partial charge on any atom is 0.317 e. The van der Waals surface area contributed by atoms with Crippen LogP contribution < -0.4 is 10.1 Å². The lowest BCUT2D eigenvalue weighted by molar-refractivity contribution is 0.168. The first kappa shape index (κ1) is 18.3. The lowest BCUT2D eigenvalue weighted by Gasteiger charge is -2.32. The first-order valence-corrected chi connectivity index (χ1v) is 9.47. The second-order valence-electron chi connectivity index (χ2n) is 7.01. The van der Waals surface area contributed by atoms with Crippen molar-refractivity contribution >= 4 is 6.03 Å². The van der Waals surface area contributed by atoms with Crippen molar-refractivity contribution in [1.29, 1.82) is 0 Å². The van der Waals surface area contributed by atoms with Crippen molar-refractivity contribution in [3.8, 4) is 5.75 Å². The maximum absolute atomic E-state index is 12.3. The molecular formula is C22H28N2O2. The highest BCUT2D eigenvalue weighted by Crippen LogP contribution is 2.21. The number of urea groups is 1. The number of nitrogens with one attached hydrogen (secondary N) is 1. The van der Waals surface area contributed by atoms with Gasteiger partial charge >= 0.3 is 6.03 Å². The second-order valence-corrected chi connectivity index (χ2v) is 7.01. The summed E-state index contributed by atoms with van der Waals surface area (Å²) < 4.78 is 5.65. The van der Waals surface area contributed by atoms with Gasteiger partial charge in [-0.2, -0.15) is 0 Å². The molecule has 26 heavy (non-hydrogen) atoms. The zero-order chi connectivity index (χ0) is 18.2. The van der Waals surface area contributed by atoms with Crippen LogP contribution in [-0.4, -0.2) is 37.2 Å². The van der Waals surface area contributed by atoms with E-state index in [2.05, 4.69) is 35.6 Å². The molecular weight excluding hydrogens is 324 g/mol. The van der Waals surface area contributed by atoms with E-state index in [9.17, 15) is 4.79 Å². The van der Waals surface area contributed by atoms with Crippen molar-refractivity contribution in [2.24, 2.45) is 5.92 Å². The minimum Gasteiger partial charge on any atom is -0.492 e. The second kappa shape index (κ2) is 9.27. The van der Waals surface area contributed by atoms with Crippen LogP contribution in [0.15, 0.2) is 54.6 Å². The van der Waals surface area contributed by atoms with Crippen LogP contribution in [0.1, 0.15) is 24.0 Å². The molecule has 0 aromatic heterocycles. The third-order valence-corrected chi connectivity index (χ3v) is 4.94. The SMILES string of the molecule is Cc1ccc(OCCNC(=O)N2CCC(Cc3ccccc3)CC2)cc1. The van der Waals surface area contributed by atoms with E-state index in [0.29, 0.717) is 19.1 Å². The van der Waals surface area contributed by atoms with E-state index in [0.717, 1.165) is 38.1 Å². The van der Waals surface area contributed by atoms with Crippen LogP contribution in [0.2, 0.25) is 0 Å². The number of carbonyl (C=O) groups excluding carboxylic acids is 1. The number of aryl methyl sites for hydroxylation is 1. The molecule has 0 atom stereocenters. The zero-order valence-electron chi connectivity index (χ0n) is 15.5. The molecule has 0 saturated carbocycles. The number of nitrogens with zero attached hydrogens (tertiary/aromatic N) is 1. The van der Waals surface area contributed by atoms with E-state index in [1.807, 2.05) is 36.1 Å². The van der Waals surface area contributed by atoms with Crippen LogP contribution in [-0.2, 0) is 6.42 Å². The normalized spacial score (nSPS) is 14.9. The Bertz CT molecular complexity index is 677. The monoisotopic (exact) mass is 352 g/mol. The minimum absolute atomic E-state index is 0.0238. The predicted molar refractivity (Wildman–Crippen MR) is 105 cm³/mol. The van der Waals surface area contributed by atoms with E-state index in [1.165, 1.54) is 11.1 Å². The van der Waals surface area contributed by atoms with Gasteiger partial charge in [0.15, 0.2) is 0 Å². The third-order valence-electron chi connectivity index (χ3n) is 4.94. The van der Waals surface area contributed by atoms with Crippen molar-refractivity contribution in [1.82, 2.24) is 10.2 Å². The number of benzene rings is 2. The molecule has 0 radical (unpaired) electrons. The molecule has 2 amide bonds. The Hall–Kier alpha value is -2.49. The van der Waals surface area contributed by atoms with Gasteiger partial charge in [0.2, 0.25) is 0 Å². The Labute approximate surface area is 156 Å². The quantitative estimate of drug-likeness (QED) is 0.797. The molecule has 2 aromatic rings. The average Bonchev–Trinajstić information content (AvgIpc) is 2.68. The molecule has 0 unspecified atom stereocenters. The van der Waals surface area contributed by atoms with Gasteiger partial charge < -0.3 is 15.0 Å². The summed E-state index contributed by atoms with van der Waals surface area (Å²) in [5.41, 5.74) is 2.60. The molecule has 1 aliphatic rings. The highest BCUT2D eigenvalue weighted by Gasteiger charge is 2.22. The van der Waals surface area contributed by atoms with Gasteiger partial charge in [-0.15, -0.1) is 0 Å². The van der Waals surface area contributed by atoms with Crippen LogP contribution in [0.4, 0.5) is 4.79 Å². The lowest BCUT2D eigenvalue weighted by Crippen LogP contribution is -2.45. The Morgan fingerprint density at radius 1 is 1.08 bits per heavy atom. The van der Waals surface area contributed by atoms with Gasteiger partial charge in [0.05, 0.1) is 6.54 Å². The van der Waals surface area contributed by atoms with E-state index in [4.69, 9.17) is 4.74 Å². The number of hydrogen-bond donors (Lipinski definition) is 1. The molecule has 0 bridgehead atoms. The van der Waals surface area contributed by atoms with Gasteiger partial charge in [-0.25, -0.2) is 4.79 Å². The molecule has 1 saturated heterocycles. The maximum atomic E-state index is 12.3. The van der Waals surface area contributed by atoms with Gasteiger partial charge in [-0.05, 0) is 49.8 Å². The van der Waals surface area contributed by atoms with Gasteiger partial charge in [0.1, 0.15) is 12.4 Å². The zero-order valence-corrected chi connectivity index (χ0v) is 15.5. The summed E-state index contributed by atoms with van der Waals surface area (Å²) in [5, 5.41) is 2.96. The van der Waals surface area contributed by atoms with Crippen LogP contribution in [0.3, 0.4) is 0 Å². The fourth-order valence-electron chi connectivity index (χ4n) is 3.36. The Kier molecular flexibility index (Phi) is 6.53. The summed E-state index contributed by atoms with van der Waals surface area (Å²) in [6.07, 6.45) is 3.26. The molecule has 3 rings (SSSR count). The summed E-state index contributed by atoms with van der Waals surface area (Å²) in [5.74, 6) is 1.51. The number of rotatable bonds is 6. The van der Waals surface area contributed by atoms with Crippen LogP contribution in [0.25, 0.3) is 0 Å². The van der Waals surface area contributed by atoms with Crippen LogP contribution >= 0.6 is 0 Å². The first-order valence-electron chi connectivity index (χ1n) is 9.47. The Morgan fingerprint density at radius 2 is 1.77 bits per heavy atom. The molecule has 1 fully saturated rings. The predicted octanol–water partition coefficient (Wildman–Crippen LogP) is 4.04. The third kappa shape index (κ3) is 5.51. The highest BCUT2D eigenvalue weighted by atomic mass is 16.5. The number of hydrogen-bond acceptors (Lipinski definition) is 2. The number of ether oxygens (including phenoxy) is 1. The molecule has 4 nitrogen and oxygen atoms in total. The molecule has 0 aliphatic carbocycles. The summed E-state index contributed by atoms with van der Waals surface area (Å²) >= 11 is 0. The van der Waals surface area contributed by atoms with E-state index in [1.54, 1.807) is 0 Å². The first-order chi connectivity index (χ1) is 12.7. The van der Waals surface area contributed by atoms with Gasteiger partial charge in [0.25, 0.3) is 0 Å². The van der Waals surface area contributed by atoms with Crippen molar-refractivity contribution < 1.29 is 9.53 Å². The molecule has 1 N–H and O–H groups in total. The molecule has 0 spiro atoms. The van der Waals surface area contributed by atoms with Gasteiger partial charge in [-0.3, -0.25) is 0 Å². The van der Waals surface area contributed by atoms with Crippen molar-refractivity contribution in [2.45, 2.75) is 26.2 Å². The molecule has 4 heteroatoms. The topological polar surface area (TPSA) is 41.6 Å². The fraction of sp³-hybridized carbons (Fsp3) is 0.409. The number of carbonyl (C=O) groups is 1. The summed E-state index contributed by atoms with van der Waals surface area (Å²) in [6.45, 7) is 4.73.